The molecule has 1 aromatic carbocycles. The molecule has 1 aliphatic rings. The summed E-state index contributed by atoms with van der Waals surface area (Å²) in [4.78, 5) is 12.6. The number of rotatable bonds is 4. The number of benzene rings is 1. The SMILES string of the molecule is NC1CC(Cc2ccc(F)cc2)CN(CC(=O)O)C1. The first-order valence-electron chi connectivity index (χ1n) is 6.47. The number of hydrogen-bond acceptors (Lipinski definition) is 3. The zero-order chi connectivity index (χ0) is 13.8. The fourth-order valence-corrected chi connectivity index (χ4v) is 2.77. The Kier molecular flexibility index (Phi) is 4.50. The Morgan fingerprint density at radius 1 is 1.37 bits per heavy atom. The molecular weight excluding hydrogens is 247 g/mol. The van der Waals surface area contributed by atoms with Crippen LogP contribution < -0.4 is 5.73 Å². The Hall–Kier alpha value is -1.46. The quantitative estimate of drug-likeness (QED) is 0.856. The molecule has 1 heterocycles. The fourth-order valence-electron chi connectivity index (χ4n) is 2.77. The minimum Gasteiger partial charge on any atom is -0.480 e. The first-order chi connectivity index (χ1) is 9.02. The van der Waals surface area contributed by atoms with E-state index in [1.807, 2.05) is 4.90 Å². The van der Waals surface area contributed by atoms with E-state index in [9.17, 15) is 9.18 Å². The van der Waals surface area contributed by atoms with E-state index in [0.29, 0.717) is 12.5 Å². The summed E-state index contributed by atoms with van der Waals surface area (Å²) in [7, 11) is 0. The maximum absolute atomic E-state index is 12.8. The van der Waals surface area contributed by atoms with Crippen LogP contribution in [0, 0.1) is 11.7 Å². The van der Waals surface area contributed by atoms with Crippen molar-refractivity contribution in [1.29, 1.82) is 0 Å². The molecule has 0 bridgehead atoms. The van der Waals surface area contributed by atoms with Gasteiger partial charge in [0.25, 0.3) is 0 Å². The molecule has 4 nitrogen and oxygen atoms in total. The van der Waals surface area contributed by atoms with Crippen LogP contribution in [-0.4, -0.2) is 41.7 Å². The molecule has 0 spiro atoms. The van der Waals surface area contributed by atoms with Gasteiger partial charge in [-0.3, -0.25) is 9.69 Å². The van der Waals surface area contributed by atoms with Crippen LogP contribution in [0.2, 0.25) is 0 Å². The van der Waals surface area contributed by atoms with Crippen LogP contribution in [0.25, 0.3) is 0 Å². The van der Waals surface area contributed by atoms with E-state index in [-0.39, 0.29) is 18.4 Å². The van der Waals surface area contributed by atoms with E-state index in [4.69, 9.17) is 10.8 Å². The Morgan fingerprint density at radius 2 is 2.05 bits per heavy atom. The molecule has 2 atom stereocenters. The van der Waals surface area contributed by atoms with E-state index in [1.54, 1.807) is 12.1 Å². The number of hydrogen-bond donors (Lipinski definition) is 2. The second-order valence-electron chi connectivity index (χ2n) is 5.28. The van der Waals surface area contributed by atoms with E-state index in [0.717, 1.165) is 24.9 Å². The standard InChI is InChI=1S/C14H19FN2O2/c15-12-3-1-10(2-4-12)5-11-6-13(16)8-17(7-11)9-14(18)19/h1-4,11,13H,5-9,16H2,(H,18,19). The molecule has 104 valence electrons. The molecule has 1 saturated heterocycles. The highest BCUT2D eigenvalue weighted by Crippen LogP contribution is 2.20. The van der Waals surface area contributed by atoms with Gasteiger partial charge < -0.3 is 10.8 Å². The average molecular weight is 266 g/mol. The summed E-state index contributed by atoms with van der Waals surface area (Å²) in [6, 6.07) is 6.47. The molecule has 0 aromatic heterocycles. The molecular formula is C14H19FN2O2. The second-order valence-corrected chi connectivity index (χ2v) is 5.28. The van der Waals surface area contributed by atoms with Crippen molar-refractivity contribution < 1.29 is 14.3 Å². The predicted octanol–water partition coefficient (Wildman–Crippen LogP) is 1.10. The number of nitrogens with zero attached hydrogens (tertiary/aromatic N) is 1. The second kappa shape index (κ2) is 6.12. The van der Waals surface area contributed by atoms with E-state index >= 15 is 0 Å². The highest BCUT2D eigenvalue weighted by Gasteiger charge is 2.26. The van der Waals surface area contributed by atoms with Crippen LogP contribution in [0.5, 0.6) is 0 Å². The molecule has 5 heteroatoms. The lowest BCUT2D eigenvalue weighted by molar-refractivity contribution is -0.138. The number of likely N-dealkylation sites (tertiary alicyclic amines) is 1. The first kappa shape index (κ1) is 14.0. The van der Waals surface area contributed by atoms with Crippen molar-refractivity contribution in [3.05, 3.63) is 35.6 Å². The smallest absolute Gasteiger partial charge is 0.317 e. The fraction of sp³-hybridized carbons (Fsp3) is 0.500. The number of halogens is 1. The molecule has 2 rings (SSSR count). The zero-order valence-corrected chi connectivity index (χ0v) is 10.8. The number of carbonyl (C=O) groups is 1. The lowest BCUT2D eigenvalue weighted by atomic mass is 9.89. The van der Waals surface area contributed by atoms with E-state index < -0.39 is 5.97 Å². The molecule has 0 aliphatic carbocycles. The maximum atomic E-state index is 12.8. The number of nitrogens with two attached hydrogens (primary N) is 1. The Balaban J connectivity index is 1.95. The molecule has 2 unspecified atom stereocenters. The minimum absolute atomic E-state index is 0.0125. The van der Waals surface area contributed by atoms with Gasteiger partial charge in [0.1, 0.15) is 5.82 Å². The third-order valence-electron chi connectivity index (χ3n) is 3.44. The Labute approximate surface area is 112 Å². The van der Waals surface area contributed by atoms with E-state index in [1.165, 1.54) is 12.1 Å². The van der Waals surface area contributed by atoms with Gasteiger partial charge >= 0.3 is 5.97 Å². The molecule has 0 amide bonds. The lowest BCUT2D eigenvalue weighted by Gasteiger charge is -2.35. The summed E-state index contributed by atoms with van der Waals surface area (Å²) in [5.74, 6) is -0.736. The van der Waals surface area contributed by atoms with Gasteiger partial charge in [-0.25, -0.2) is 4.39 Å². The van der Waals surface area contributed by atoms with Gasteiger partial charge in [-0.2, -0.15) is 0 Å². The normalized spacial score (nSPS) is 24.3. The lowest BCUT2D eigenvalue weighted by Crippen LogP contribution is -2.49. The summed E-state index contributed by atoms with van der Waals surface area (Å²) in [5, 5.41) is 8.83. The average Bonchev–Trinajstić information content (AvgIpc) is 2.30. The molecule has 19 heavy (non-hydrogen) atoms. The molecule has 0 saturated carbocycles. The van der Waals surface area contributed by atoms with Crippen LogP contribution in [0.3, 0.4) is 0 Å². The number of carboxylic acids is 1. The summed E-state index contributed by atoms with van der Waals surface area (Å²) < 4.78 is 12.8. The molecule has 1 fully saturated rings. The van der Waals surface area contributed by atoms with Gasteiger partial charge in [0.15, 0.2) is 0 Å². The van der Waals surface area contributed by atoms with Crippen molar-refractivity contribution in [1.82, 2.24) is 4.90 Å². The summed E-state index contributed by atoms with van der Waals surface area (Å²) in [6.45, 7) is 1.40. The Bertz CT molecular complexity index is 436. The van der Waals surface area contributed by atoms with Gasteiger partial charge in [0.05, 0.1) is 6.54 Å². The van der Waals surface area contributed by atoms with Crippen molar-refractivity contribution >= 4 is 5.97 Å². The van der Waals surface area contributed by atoms with Crippen LogP contribution >= 0.6 is 0 Å². The predicted molar refractivity (Wildman–Crippen MR) is 70.3 cm³/mol. The zero-order valence-electron chi connectivity index (χ0n) is 10.8. The van der Waals surface area contributed by atoms with E-state index in [2.05, 4.69) is 0 Å². The van der Waals surface area contributed by atoms with Gasteiger partial charge in [-0.1, -0.05) is 12.1 Å². The Morgan fingerprint density at radius 3 is 2.68 bits per heavy atom. The van der Waals surface area contributed by atoms with Crippen molar-refractivity contribution in [2.45, 2.75) is 18.9 Å². The van der Waals surface area contributed by atoms with Gasteiger partial charge in [0, 0.05) is 19.1 Å². The maximum Gasteiger partial charge on any atom is 0.317 e. The third kappa shape index (κ3) is 4.29. The van der Waals surface area contributed by atoms with Crippen molar-refractivity contribution in [2.75, 3.05) is 19.6 Å². The molecule has 3 N–H and O–H groups in total. The number of piperidine rings is 1. The molecule has 1 aliphatic heterocycles. The molecule has 1 aromatic rings. The van der Waals surface area contributed by atoms with Crippen molar-refractivity contribution in [3.63, 3.8) is 0 Å². The van der Waals surface area contributed by atoms with Crippen LogP contribution in [0.4, 0.5) is 4.39 Å². The van der Waals surface area contributed by atoms with Gasteiger partial charge in [0.2, 0.25) is 0 Å². The van der Waals surface area contributed by atoms with Gasteiger partial charge in [-0.05, 0) is 36.5 Å². The monoisotopic (exact) mass is 266 g/mol. The largest absolute Gasteiger partial charge is 0.480 e. The highest BCUT2D eigenvalue weighted by molar-refractivity contribution is 5.69. The van der Waals surface area contributed by atoms with Crippen LogP contribution in [-0.2, 0) is 11.2 Å². The van der Waals surface area contributed by atoms with Crippen molar-refractivity contribution in [2.24, 2.45) is 11.7 Å². The highest BCUT2D eigenvalue weighted by atomic mass is 19.1. The van der Waals surface area contributed by atoms with Crippen LogP contribution in [0.1, 0.15) is 12.0 Å². The minimum atomic E-state index is -0.824. The first-order valence-corrected chi connectivity index (χ1v) is 6.47. The summed E-state index contributed by atoms with van der Waals surface area (Å²) in [5.41, 5.74) is 7.04. The number of aliphatic carboxylic acids is 1. The third-order valence-corrected chi connectivity index (χ3v) is 3.44. The topological polar surface area (TPSA) is 66.6 Å². The molecule has 0 radical (unpaired) electrons. The summed E-state index contributed by atoms with van der Waals surface area (Å²) >= 11 is 0. The number of carboxylic acid groups (broad SMARTS) is 1. The summed E-state index contributed by atoms with van der Waals surface area (Å²) in [6.07, 6.45) is 1.69. The van der Waals surface area contributed by atoms with Gasteiger partial charge in [-0.15, -0.1) is 0 Å². The van der Waals surface area contributed by atoms with Crippen LogP contribution in [0.15, 0.2) is 24.3 Å². The van der Waals surface area contributed by atoms with Crippen molar-refractivity contribution in [3.8, 4) is 0 Å².